The smallest absolute Gasteiger partial charge is 0.0948 e. The van der Waals surface area contributed by atoms with E-state index in [2.05, 4.69) is 20.8 Å². The lowest BCUT2D eigenvalue weighted by Gasteiger charge is -2.24. The van der Waals surface area contributed by atoms with E-state index in [1.165, 1.54) is 25.0 Å². The molecule has 1 fully saturated rings. The van der Waals surface area contributed by atoms with Gasteiger partial charge in [0.2, 0.25) is 0 Å². The third kappa shape index (κ3) is 2.40. The lowest BCUT2D eigenvalue weighted by atomic mass is 10.0. The Labute approximate surface area is 90.9 Å². The normalized spacial score (nSPS) is 21.1. The van der Waals surface area contributed by atoms with E-state index in [9.17, 15) is 0 Å². The quantitative estimate of drug-likeness (QED) is 0.758. The first kappa shape index (κ1) is 10.3. The Bertz CT molecular complexity index is 342. The van der Waals surface area contributed by atoms with Crippen LogP contribution in [-0.4, -0.2) is 16.1 Å². The summed E-state index contributed by atoms with van der Waals surface area (Å²) < 4.78 is 2.17. The van der Waals surface area contributed by atoms with E-state index in [1.54, 1.807) is 0 Å². The molecule has 1 aliphatic rings. The first-order valence-corrected chi connectivity index (χ1v) is 5.58. The van der Waals surface area contributed by atoms with E-state index >= 15 is 0 Å². The molecule has 80 valence electrons. The molecule has 2 rings (SSSR count). The van der Waals surface area contributed by atoms with Gasteiger partial charge in [-0.25, -0.2) is 4.98 Å². The van der Waals surface area contributed by atoms with Crippen LogP contribution in [0.2, 0.25) is 0 Å². The zero-order valence-corrected chi connectivity index (χ0v) is 8.95. The molecule has 1 unspecified atom stereocenters. The number of nitrogens with zero attached hydrogens (tertiary/aromatic N) is 2. The average Bonchev–Trinajstić information content (AvgIpc) is 2.75. The molecule has 0 aliphatic carbocycles. The van der Waals surface area contributed by atoms with Gasteiger partial charge in [0.1, 0.15) is 0 Å². The Balaban J connectivity index is 2.06. The predicted octanol–water partition coefficient (Wildman–Crippen LogP) is 1.72. The van der Waals surface area contributed by atoms with Crippen molar-refractivity contribution in [3.63, 3.8) is 0 Å². The van der Waals surface area contributed by atoms with Crippen LogP contribution in [0.4, 0.5) is 0 Å². The number of piperidine rings is 1. The fourth-order valence-electron chi connectivity index (χ4n) is 2.10. The van der Waals surface area contributed by atoms with E-state index in [0.717, 1.165) is 19.5 Å². The zero-order valence-electron chi connectivity index (χ0n) is 8.95. The first-order valence-electron chi connectivity index (χ1n) is 5.58. The molecule has 0 bridgehead atoms. The minimum atomic E-state index is 0.471. The Morgan fingerprint density at radius 2 is 2.53 bits per heavy atom. The number of nitrogens with one attached hydrogen (secondary N) is 1. The van der Waals surface area contributed by atoms with Crippen molar-refractivity contribution in [2.45, 2.75) is 38.3 Å². The highest BCUT2D eigenvalue weighted by Gasteiger charge is 2.17. The van der Waals surface area contributed by atoms with Crippen molar-refractivity contribution in [1.82, 2.24) is 14.9 Å². The van der Waals surface area contributed by atoms with Gasteiger partial charge < -0.3 is 9.88 Å². The molecule has 1 aromatic rings. The van der Waals surface area contributed by atoms with E-state index in [0.29, 0.717) is 6.04 Å². The summed E-state index contributed by atoms with van der Waals surface area (Å²) in [7, 11) is 0. The second-order valence-corrected chi connectivity index (χ2v) is 3.97. The van der Waals surface area contributed by atoms with Crippen molar-refractivity contribution in [2.75, 3.05) is 6.54 Å². The van der Waals surface area contributed by atoms with Crippen LogP contribution < -0.4 is 5.32 Å². The molecule has 0 spiro atoms. The van der Waals surface area contributed by atoms with Gasteiger partial charge in [-0.05, 0) is 19.4 Å². The highest BCUT2D eigenvalue weighted by molar-refractivity contribution is 5.06. The predicted molar refractivity (Wildman–Crippen MR) is 60.3 cm³/mol. The molecule has 1 saturated heterocycles. The number of hydrogen-bond donors (Lipinski definition) is 1. The SMILES string of the molecule is C#CCCn1cncc1C1CCCCN1. The topological polar surface area (TPSA) is 29.9 Å². The van der Waals surface area contributed by atoms with E-state index < -0.39 is 0 Å². The lowest BCUT2D eigenvalue weighted by molar-refractivity contribution is 0.393. The zero-order chi connectivity index (χ0) is 10.5. The van der Waals surface area contributed by atoms with Gasteiger partial charge in [-0.2, -0.15) is 0 Å². The summed E-state index contributed by atoms with van der Waals surface area (Å²) in [4.78, 5) is 4.20. The van der Waals surface area contributed by atoms with Gasteiger partial charge in [-0.1, -0.05) is 6.42 Å². The van der Waals surface area contributed by atoms with Crippen molar-refractivity contribution >= 4 is 0 Å². The molecule has 15 heavy (non-hydrogen) atoms. The summed E-state index contributed by atoms with van der Waals surface area (Å²) in [6, 6.07) is 0.471. The molecular formula is C12H17N3. The number of rotatable bonds is 3. The van der Waals surface area contributed by atoms with Gasteiger partial charge in [0.15, 0.2) is 0 Å². The van der Waals surface area contributed by atoms with Crippen LogP contribution in [0.25, 0.3) is 0 Å². The van der Waals surface area contributed by atoms with Crippen LogP contribution in [0.1, 0.15) is 37.4 Å². The summed E-state index contributed by atoms with van der Waals surface area (Å²) in [6.45, 7) is 2.00. The molecule has 1 atom stereocenters. The Hall–Kier alpha value is -1.27. The summed E-state index contributed by atoms with van der Waals surface area (Å²) in [5.41, 5.74) is 1.28. The number of terminal acetylenes is 1. The summed E-state index contributed by atoms with van der Waals surface area (Å²) >= 11 is 0. The fraction of sp³-hybridized carbons (Fsp3) is 0.583. The molecule has 2 heterocycles. The Morgan fingerprint density at radius 3 is 3.27 bits per heavy atom. The van der Waals surface area contributed by atoms with Gasteiger partial charge in [0.05, 0.1) is 12.0 Å². The molecule has 1 aliphatic heterocycles. The van der Waals surface area contributed by atoms with Crippen LogP contribution in [0.3, 0.4) is 0 Å². The third-order valence-electron chi connectivity index (χ3n) is 2.91. The maximum absolute atomic E-state index is 5.27. The van der Waals surface area contributed by atoms with Crippen molar-refractivity contribution in [3.8, 4) is 12.3 Å². The van der Waals surface area contributed by atoms with Gasteiger partial charge in [-0.3, -0.25) is 0 Å². The molecule has 0 amide bonds. The number of imidazole rings is 1. The second-order valence-electron chi connectivity index (χ2n) is 3.97. The molecule has 0 radical (unpaired) electrons. The van der Waals surface area contributed by atoms with Gasteiger partial charge in [-0.15, -0.1) is 12.3 Å². The summed E-state index contributed by atoms with van der Waals surface area (Å²) in [5.74, 6) is 2.67. The minimum Gasteiger partial charge on any atom is -0.332 e. The molecule has 0 aromatic carbocycles. The van der Waals surface area contributed by atoms with Crippen molar-refractivity contribution in [2.24, 2.45) is 0 Å². The molecule has 1 aromatic heterocycles. The van der Waals surface area contributed by atoms with Crippen molar-refractivity contribution in [3.05, 3.63) is 18.2 Å². The number of aryl methyl sites for hydroxylation is 1. The van der Waals surface area contributed by atoms with E-state index in [1.807, 2.05) is 12.5 Å². The van der Waals surface area contributed by atoms with Crippen LogP contribution >= 0.6 is 0 Å². The molecule has 3 heteroatoms. The fourth-order valence-corrected chi connectivity index (χ4v) is 2.10. The van der Waals surface area contributed by atoms with Crippen LogP contribution in [0, 0.1) is 12.3 Å². The van der Waals surface area contributed by atoms with Gasteiger partial charge >= 0.3 is 0 Å². The van der Waals surface area contributed by atoms with Gasteiger partial charge in [0.25, 0.3) is 0 Å². The number of hydrogen-bond acceptors (Lipinski definition) is 2. The maximum atomic E-state index is 5.27. The number of aromatic nitrogens is 2. The average molecular weight is 203 g/mol. The first-order chi connectivity index (χ1) is 7.42. The minimum absolute atomic E-state index is 0.471. The largest absolute Gasteiger partial charge is 0.332 e. The third-order valence-corrected chi connectivity index (χ3v) is 2.91. The van der Waals surface area contributed by atoms with Crippen molar-refractivity contribution < 1.29 is 0 Å². The lowest BCUT2D eigenvalue weighted by Crippen LogP contribution is -2.28. The molecule has 1 N–H and O–H groups in total. The molecule has 3 nitrogen and oxygen atoms in total. The Kier molecular flexibility index (Phi) is 3.41. The van der Waals surface area contributed by atoms with Crippen LogP contribution in [0.15, 0.2) is 12.5 Å². The standard InChI is InChI=1S/C12H17N3/c1-2-3-8-15-10-13-9-12(15)11-6-4-5-7-14-11/h1,9-11,14H,3-8H2. The second kappa shape index (κ2) is 4.99. The van der Waals surface area contributed by atoms with Crippen LogP contribution in [0.5, 0.6) is 0 Å². The monoisotopic (exact) mass is 203 g/mol. The highest BCUT2D eigenvalue weighted by atomic mass is 15.1. The summed E-state index contributed by atoms with van der Waals surface area (Å²) in [6.07, 6.45) is 13.7. The Morgan fingerprint density at radius 1 is 1.60 bits per heavy atom. The van der Waals surface area contributed by atoms with Gasteiger partial charge in [0, 0.05) is 25.2 Å². The van der Waals surface area contributed by atoms with Crippen molar-refractivity contribution in [1.29, 1.82) is 0 Å². The van der Waals surface area contributed by atoms with E-state index in [4.69, 9.17) is 6.42 Å². The molecule has 0 saturated carbocycles. The molecular weight excluding hydrogens is 186 g/mol. The maximum Gasteiger partial charge on any atom is 0.0948 e. The van der Waals surface area contributed by atoms with Crippen LogP contribution in [-0.2, 0) is 6.54 Å². The summed E-state index contributed by atoms with van der Waals surface area (Å²) in [5, 5.41) is 3.53. The van der Waals surface area contributed by atoms with E-state index in [-0.39, 0.29) is 0 Å². The highest BCUT2D eigenvalue weighted by Crippen LogP contribution is 2.22.